The van der Waals surface area contributed by atoms with E-state index >= 15 is 0 Å². The molecule has 4 rings (SSSR count). The van der Waals surface area contributed by atoms with E-state index in [1.165, 1.54) is 0 Å². The Hall–Kier alpha value is -3.22. The van der Waals surface area contributed by atoms with Crippen LogP contribution >= 0.6 is 0 Å². The van der Waals surface area contributed by atoms with Crippen LogP contribution in [0.15, 0.2) is 36.5 Å². The van der Waals surface area contributed by atoms with E-state index in [9.17, 15) is 9.59 Å². The molecule has 1 saturated heterocycles. The highest BCUT2D eigenvalue weighted by atomic mass is 16.2. The zero-order valence-corrected chi connectivity index (χ0v) is 17.6. The Balaban J connectivity index is 1.91. The lowest BCUT2D eigenvalue weighted by Crippen LogP contribution is -2.50. The number of aryl methyl sites for hydroxylation is 1. The van der Waals surface area contributed by atoms with Crippen molar-refractivity contribution in [2.75, 3.05) is 6.54 Å². The topological polar surface area (TPSA) is 94.1 Å². The van der Waals surface area contributed by atoms with Gasteiger partial charge in [-0.2, -0.15) is 5.10 Å². The maximum absolute atomic E-state index is 13.6. The molecule has 0 bridgehead atoms. The fraction of sp³-hybridized carbons (Fsp3) is 0.391. The van der Waals surface area contributed by atoms with Crippen molar-refractivity contribution in [1.29, 1.82) is 0 Å². The molecule has 7 nitrogen and oxygen atoms in total. The molecular formula is C23H27N5O2. The number of carbonyl (C=O) groups excluding carboxylic acids is 2. The van der Waals surface area contributed by atoms with E-state index in [0.29, 0.717) is 29.6 Å². The number of piperidine rings is 1. The Bertz CT molecular complexity index is 1120. The van der Waals surface area contributed by atoms with Crippen molar-refractivity contribution < 1.29 is 9.59 Å². The highest BCUT2D eigenvalue weighted by molar-refractivity contribution is 6.07. The number of fused-ring (bicyclic) bond motifs is 1. The van der Waals surface area contributed by atoms with Crippen LogP contribution in [0, 0.1) is 6.92 Å². The summed E-state index contributed by atoms with van der Waals surface area (Å²) >= 11 is 0. The van der Waals surface area contributed by atoms with E-state index in [1.54, 1.807) is 11.1 Å². The minimum Gasteiger partial charge on any atom is -0.368 e. The number of pyridine rings is 1. The van der Waals surface area contributed by atoms with Gasteiger partial charge in [-0.15, -0.1) is 0 Å². The summed E-state index contributed by atoms with van der Waals surface area (Å²) in [4.78, 5) is 32.1. The van der Waals surface area contributed by atoms with Crippen molar-refractivity contribution in [3.63, 3.8) is 0 Å². The molecule has 7 heteroatoms. The molecule has 1 unspecified atom stereocenters. The zero-order chi connectivity index (χ0) is 21.4. The second kappa shape index (κ2) is 7.89. The van der Waals surface area contributed by atoms with Gasteiger partial charge in [0.15, 0.2) is 5.65 Å². The van der Waals surface area contributed by atoms with Crippen LogP contribution in [-0.2, 0) is 4.79 Å². The first-order valence-corrected chi connectivity index (χ1v) is 10.4. The standard InChI is InChI=1S/C23H27N5O2/c1-14(2)28-22-18(13-25-28)17(12-19(26-22)16-9-5-4-8-15(16)3)23(30)27-11-7-6-10-20(27)21(24)29/h4-5,8-9,12-14,20H,6-7,10-11H2,1-3H3,(H2,24,29). The maximum atomic E-state index is 13.6. The van der Waals surface area contributed by atoms with E-state index in [-0.39, 0.29) is 11.9 Å². The second-order valence-corrected chi connectivity index (χ2v) is 8.20. The summed E-state index contributed by atoms with van der Waals surface area (Å²) in [6.07, 6.45) is 4.05. The van der Waals surface area contributed by atoms with Gasteiger partial charge in [0, 0.05) is 18.2 Å². The summed E-state index contributed by atoms with van der Waals surface area (Å²) < 4.78 is 1.83. The van der Waals surface area contributed by atoms with Crippen LogP contribution in [0.2, 0.25) is 0 Å². The van der Waals surface area contributed by atoms with Gasteiger partial charge in [-0.25, -0.2) is 9.67 Å². The third-order valence-corrected chi connectivity index (χ3v) is 5.80. The lowest BCUT2D eigenvalue weighted by molar-refractivity contribution is -0.123. The Labute approximate surface area is 175 Å². The molecule has 1 aromatic carbocycles. The number of hydrogen-bond donors (Lipinski definition) is 1. The van der Waals surface area contributed by atoms with Gasteiger partial charge in [-0.05, 0) is 51.7 Å². The molecule has 2 amide bonds. The fourth-order valence-electron chi connectivity index (χ4n) is 4.20. The molecule has 0 spiro atoms. The molecule has 0 saturated carbocycles. The van der Waals surface area contributed by atoms with E-state index in [4.69, 9.17) is 10.7 Å². The average Bonchev–Trinajstić information content (AvgIpc) is 3.17. The van der Waals surface area contributed by atoms with Crippen LogP contribution < -0.4 is 5.73 Å². The summed E-state index contributed by atoms with van der Waals surface area (Å²) in [5, 5.41) is 5.18. The summed E-state index contributed by atoms with van der Waals surface area (Å²) in [5.74, 6) is -0.644. The Kier molecular flexibility index (Phi) is 5.28. The Morgan fingerprint density at radius 3 is 2.67 bits per heavy atom. The molecule has 1 aliphatic heterocycles. The second-order valence-electron chi connectivity index (χ2n) is 8.20. The van der Waals surface area contributed by atoms with Crippen LogP contribution in [0.1, 0.15) is 55.1 Å². The molecule has 0 aliphatic carbocycles. The molecule has 156 valence electrons. The SMILES string of the molecule is Cc1ccccc1-c1cc(C(=O)N2CCCCC2C(N)=O)c2cnn(C(C)C)c2n1. The molecule has 3 aromatic rings. The molecule has 1 fully saturated rings. The molecule has 0 radical (unpaired) electrons. The number of hydrogen-bond acceptors (Lipinski definition) is 4. The van der Waals surface area contributed by atoms with Crippen molar-refractivity contribution in [3.05, 3.63) is 47.7 Å². The van der Waals surface area contributed by atoms with Gasteiger partial charge >= 0.3 is 0 Å². The Morgan fingerprint density at radius 1 is 1.20 bits per heavy atom. The van der Waals surface area contributed by atoms with Crippen LogP contribution in [0.5, 0.6) is 0 Å². The van der Waals surface area contributed by atoms with Crippen LogP contribution in [0.4, 0.5) is 0 Å². The normalized spacial score (nSPS) is 16.9. The number of aromatic nitrogens is 3. The smallest absolute Gasteiger partial charge is 0.255 e. The number of rotatable bonds is 4. The van der Waals surface area contributed by atoms with Crippen molar-refractivity contribution in [3.8, 4) is 11.3 Å². The lowest BCUT2D eigenvalue weighted by atomic mass is 9.98. The highest BCUT2D eigenvalue weighted by Crippen LogP contribution is 2.30. The number of nitrogens with zero attached hydrogens (tertiary/aromatic N) is 4. The predicted octanol–water partition coefficient (Wildman–Crippen LogP) is 3.47. The summed E-state index contributed by atoms with van der Waals surface area (Å²) in [6.45, 7) is 6.61. The van der Waals surface area contributed by atoms with E-state index < -0.39 is 11.9 Å². The van der Waals surface area contributed by atoms with Gasteiger partial charge in [0.2, 0.25) is 5.91 Å². The van der Waals surface area contributed by atoms with Crippen molar-refractivity contribution in [2.45, 2.75) is 52.1 Å². The number of amides is 2. The first-order chi connectivity index (χ1) is 14.4. The third-order valence-electron chi connectivity index (χ3n) is 5.80. The number of likely N-dealkylation sites (tertiary alicyclic amines) is 1. The minimum absolute atomic E-state index is 0.0958. The summed E-state index contributed by atoms with van der Waals surface area (Å²) in [7, 11) is 0. The zero-order valence-electron chi connectivity index (χ0n) is 17.6. The van der Waals surface area contributed by atoms with E-state index in [2.05, 4.69) is 5.10 Å². The number of nitrogens with two attached hydrogens (primary N) is 1. The minimum atomic E-state index is -0.573. The number of primary amides is 1. The largest absolute Gasteiger partial charge is 0.368 e. The first kappa shape index (κ1) is 20.1. The van der Waals surface area contributed by atoms with Gasteiger partial charge < -0.3 is 10.6 Å². The average molecular weight is 406 g/mol. The van der Waals surface area contributed by atoms with Gasteiger partial charge in [0.25, 0.3) is 5.91 Å². The Morgan fingerprint density at radius 2 is 1.97 bits per heavy atom. The fourth-order valence-corrected chi connectivity index (χ4v) is 4.20. The highest BCUT2D eigenvalue weighted by Gasteiger charge is 2.32. The molecule has 1 atom stereocenters. The quantitative estimate of drug-likeness (QED) is 0.719. The number of carbonyl (C=O) groups is 2. The summed E-state index contributed by atoms with van der Waals surface area (Å²) in [5.41, 5.74) is 9.55. The molecule has 1 aliphatic rings. The molecule has 3 heterocycles. The van der Waals surface area contributed by atoms with Crippen LogP contribution in [-0.4, -0.2) is 44.1 Å². The van der Waals surface area contributed by atoms with Gasteiger partial charge in [0.1, 0.15) is 6.04 Å². The monoisotopic (exact) mass is 405 g/mol. The summed E-state index contributed by atoms with van der Waals surface area (Å²) in [6, 6.07) is 9.31. The molecule has 2 aromatic heterocycles. The van der Waals surface area contributed by atoms with Crippen molar-refractivity contribution in [2.24, 2.45) is 5.73 Å². The molecular weight excluding hydrogens is 378 g/mol. The molecule has 30 heavy (non-hydrogen) atoms. The van der Waals surface area contributed by atoms with Crippen LogP contribution in [0.3, 0.4) is 0 Å². The van der Waals surface area contributed by atoms with Crippen LogP contribution in [0.25, 0.3) is 22.3 Å². The number of benzene rings is 1. The van der Waals surface area contributed by atoms with Gasteiger partial charge in [-0.3, -0.25) is 9.59 Å². The first-order valence-electron chi connectivity index (χ1n) is 10.4. The predicted molar refractivity (Wildman–Crippen MR) is 116 cm³/mol. The van der Waals surface area contributed by atoms with Gasteiger partial charge in [-0.1, -0.05) is 24.3 Å². The van der Waals surface area contributed by atoms with Crippen molar-refractivity contribution >= 4 is 22.8 Å². The third kappa shape index (κ3) is 3.44. The van der Waals surface area contributed by atoms with Gasteiger partial charge in [0.05, 0.1) is 22.8 Å². The lowest BCUT2D eigenvalue weighted by Gasteiger charge is -2.33. The van der Waals surface area contributed by atoms with Crippen molar-refractivity contribution in [1.82, 2.24) is 19.7 Å². The van der Waals surface area contributed by atoms with E-state index in [0.717, 1.165) is 29.7 Å². The molecule has 2 N–H and O–H groups in total. The van der Waals surface area contributed by atoms with E-state index in [1.807, 2.05) is 55.8 Å². The maximum Gasteiger partial charge on any atom is 0.255 e.